The Morgan fingerprint density at radius 3 is 2.45 bits per heavy atom. The molecule has 0 atom stereocenters. The average Bonchev–Trinajstić information content (AvgIpc) is 2.88. The zero-order valence-corrected chi connectivity index (χ0v) is 22.8. The lowest BCUT2D eigenvalue weighted by Gasteiger charge is -2.17. The Morgan fingerprint density at radius 2 is 1.79 bits per heavy atom. The first-order valence-corrected chi connectivity index (χ1v) is 12.3. The van der Waals surface area contributed by atoms with Gasteiger partial charge in [0.15, 0.2) is 17.3 Å². The van der Waals surface area contributed by atoms with Gasteiger partial charge in [-0.3, -0.25) is 9.59 Å². The van der Waals surface area contributed by atoms with Crippen LogP contribution in [0, 0.1) is 6.92 Å². The summed E-state index contributed by atoms with van der Waals surface area (Å²) in [7, 11) is 3.08. The predicted molar refractivity (Wildman–Crippen MR) is 149 cm³/mol. The number of fused-ring (bicyclic) bond motifs is 1. The molecule has 0 amide bonds. The minimum Gasteiger partial charge on any atom is -0.496 e. The Hall–Kier alpha value is -4.17. The van der Waals surface area contributed by atoms with Crippen molar-refractivity contribution in [3.63, 3.8) is 0 Å². The van der Waals surface area contributed by atoms with Gasteiger partial charge in [0.1, 0.15) is 5.75 Å². The highest BCUT2D eigenvalue weighted by Crippen LogP contribution is 2.37. The number of esters is 1. The fourth-order valence-electron chi connectivity index (χ4n) is 4.15. The van der Waals surface area contributed by atoms with Crippen LogP contribution in [0.1, 0.15) is 43.4 Å². The molecule has 0 fully saturated rings. The molecular formula is C29H28ClN3O5. The molecule has 0 spiro atoms. The van der Waals surface area contributed by atoms with Gasteiger partial charge in [0.05, 0.1) is 36.4 Å². The smallest absolute Gasteiger partial charge is 0.308 e. The fourth-order valence-corrected chi connectivity index (χ4v) is 4.41. The predicted octanol–water partition coefficient (Wildman–Crippen LogP) is 5.97. The van der Waals surface area contributed by atoms with Crippen molar-refractivity contribution in [2.75, 3.05) is 14.2 Å². The molecule has 0 aliphatic carbocycles. The summed E-state index contributed by atoms with van der Waals surface area (Å²) in [6.07, 6.45) is 1.48. The Labute approximate surface area is 225 Å². The van der Waals surface area contributed by atoms with Crippen LogP contribution in [-0.4, -0.2) is 36.1 Å². The van der Waals surface area contributed by atoms with E-state index in [9.17, 15) is 9.59 Å². The molecule has 8 nitrogen and oxygen atoms in total. The normalized spacial score (nSPS) is 11.4. The fraction of sp³-hybridized carbons (Fsp3) is 0.241. The summed E-state index contributed by atoms with van der Waals surface area (Å²) < 4.78 is 17.4. The number of aryl methyl sites for hydroxylation is 1. The molecule has 0 aliphatic rings. The first-order chi connectivity index (χ1) is 18.1. The van der Waals surface area contributed by atoms with Gasteiger partial charge in [-0.15, -0.1) is 0 Å². The maximum absolute atomic E-state index is 13.6. The van der Waals surface area contributed by atoms with Crippen molar-refractivity contribution in [2.45, 2.75) is 33.6 Å². The maximum atomic E-state index is 13.6. The van der Waals surface area contributed by atoms with E-state index in [4.69, 9.17) is 30.8 Å². The summed E-state index contributed by atoms with van der Waals surface area (Å²) in [5.41, 5.74) is 3.41. The van der Waals surface area contributed by atoms with Gasteiger partial charge >= 0.3 is 5.97 Å². The number of para-hydroxylation sites is 1. The lowest BCUT2D eigenvalue weighted by Crippen LogP contribution is -2.20. The standard InChI is InChI=1S/C29H28ClN3O5/c1-16(2)21-14-22(17(3)11-25(21)36-5)28-32-24-10-8-7-9-20(24)29(35)33(28)31-15-19-12-23(30)27(38-18(4)34)26(13-19)37-6/h7-16H,1-6H3. The summed E-state index contributed by atoms with van der Waals surface area (Å²) in [4.78, 5) is 29.9. The van der Waals surface area contributed by atoms with Gasteiger partial charge in [-0.1, -0.05) is 37.6 Å². The van der Waals surface area contributed by atoms with Gasteiger partial charge in [-0.05, 0) is 65.9 Å². The Morgan fingerprint density at radius 1 is 1.08 bits per heavy atom. The molecule has 1 aromatic heterocycles. The summed E-state index contributed by atoms with van der Waals surface area (Å²) >= 11 is 6.36. The van der Waals surface area contributed by atoms with Crippen molar-refractivity contribution >= 4 is 34.7 Å². The van der Waals surface area contributed by atoms with Crippen LogP contribution in [0.4, 0.5) is 0 Å². The van der Waals surface area contributed by atoms with Crippen molar-refractivity contribution in [3.8, 4) is 28.6 Å². The molecule has 0 radical (unpaired) electrons. The molecule has 0 saturated carbocycles. The van der Waals surface area contributed by atoms with Gasteiger partial charge in [0.25, 0.3) is 5.56 Å². The van der Waals surface area contributed by atoms with E-state index in [1.807, 2.05) is 25.1 Å². The Bertz CT molecular complexity index is 1630. The van der Waals surface area contributed by atoms with Crippen molar-refractivity contribution < 1.29 is 19.0 Å². The highest BCUT2D eigenvalue weighted by molar-refractivity contribution is 6.32. The maximum Gasteiger partial charge on any atom is 0.308 e. The molecule has 0 aliphatic heterocycles. The molecular weight excluding hydrogens is 506 g/mol. The van der Waals surface area contributed by atoms with Crippen LogP contribution in [0.15, 0.2) is 58.4 Å². The zero-order chi connectivity index (χ0) is 27.6. The van der Waals surface area contributed by atoms with Crippen molar-refractivity contribution in [3.05, 3.63) is 80.6 Å². The van der Waals surface area contributed by atoms with Gasteiger partial charge in [-0.2, -0.15) is 9.78 Å². The van der Waals surface area contributed by atoms with E-state index in [2.05, 4.69) is 18.9 Å². The molecule has 9 heteroatoms. The quantitative estimate of drug-likeness (QED) is 0.165. The summed E-state index contributed by atoms with van der Waals surface area (Å²) in [6.45, 7) is 7.37. The summed E-state index contributed by atoms with van der Waals surface area (Å²) in [5, 5.41) is 5.13. The van der Waals surface area contributed by atoms with Gasteiger partial charge in [0.2, 0.25) is 0 Å². The molecule has 1 heterocycles. The number of aromatic nitrogens is 2. The Balaban J connectivity index is 1.94. The molecule has 0 saturated heterocycles. The number of carbonyl (C=O) groups is 1. The van der Waals surface area contributed by atoms with E-state index in [0.717, 1.165) is 22.4 Å². The number of carbonyl (C=O) groups excluding carboxylic acids is 1. The molecule has 4 aromatic rings. The number of hydrogen-bond donors (Lipinski definition) is 0. The van der Waals surface area contributed by atoms with Crippen molar-refractivity contribution in [1.82, 2.24) is 9.66 Å². The van der Waals surface area contributed by atoms with Gasteiger partial charge in [-0.25, -0.2) is 4.98 Å². The van der Waals surface area contributed by atoms with Crippen LogP contribution >= 0.6 is 11.6 Å². The first-order valence-electron chi connectivity index (χ1n) is 12.0. The number of halogens is 1. The van der Waals surface area contributed by atoms with Crippen LogP contribution in [0.3, 0.4) is 0 Å². The number of ether oxygens (including phenoxy) is 3. The molecule has 3 aromatic carbocycles. The number of hydrogen-bond acceptors (Lipinski definition) is 7. The average molecular weight is 534 g/mol. The number of benzene rings is 3. The summed E-state index contributed by atoms with van der Waals surface area (Å²) in [6, 6.07) is 14.3. The van der Waals surface area contributed by atoms with E-state index in [1.54, 1.807) is 37.4 Å². The van der Waals surface area contributed by atoms with Crippen molar-refractivity contribution in [2.24, 2.45) is 5.10 Å². The number of nitrogens with zero attached hydrogens (tertiary/aromatic N) is 3. The third-order valence-electron chi connectivity index (χ3n) is 6.01. The second-order valence-electron chi connectivity index (χ2n) is 9.01. The SMILES string of the molecule is COc1cc(C)c(-c2nc3ccccc3c(=O)n2N=Cc2cc(Cl)c(OC(C)=O)c(OC)c2)cc1C(C)C. The molecule has 0 bridgehead atoms. The topological polar surface area (TPSA) is 92.0 Å². The van der Waals surface area contributed by atoms with Crippen LogP contribution in [0.25, 0.3) is 22.3 Å². The number of methoxy groups -OCH3 is 2. The van der Waals surface area contributed by atoms with Crippen LogP contribution in [0.5, 0.6) is 17.2 Å². The minimum atomic E-state index is -0.527. The van der Waals surface area contributed by atoms with Gasteiger partial charge < -0.3 is 14.2 Å². The second-order valence-corrected chi connectivity index (χ2v) is 9.41. The largest absolute Gasteiger partial charge is 0.496 e. The van der Waals surface area contributed by atoms with E-state index in [0.29, 0.717) is 22.3 Å². The van der Waals surface area contributed by atoms with Crippen LogP contribution < -0.4 is 19.8 Å². The second kappa shape index (κ2) is 11.1. The lowest BCUT2D eigenvalue weighted by molar-refractivity contribution is -0.132. The highest BCUT2D eigenvalue weighted by Gasteiger charge is 2.19. The lowest BCUT2D eigenvalue weighted by atomic mass is 9.96. The van der Waals surface area contributed by atoms with Crippen LogP contribution in [-0.2, 0) is 4.79 Å². The first kappa shape index (κ1) is 26.9. The van der Waals surface area contributed by atoms with E-state index < -0.39 is 5.97 Å². The number of rotatable bonds is 7. The van der Waals surface area contributed by atoms with Gasteiger partial charge in [0, 0.05) is 12.5 Å². The third-order valence-corrected chi connectivity index (χ3v) is 6.29. The molecule has 4 rings (SSSR count). The van der Waals surface area contributed by atoms with E-state index in [1.165, 1.54) is 24.9 Å². The molecule has 0 unspecified atom stereocenters. The Kier molecular flexibility index (Phi) is 7.83. The highest BCUT2D eigenvalue weighted by atomic mass is 35.5. The van der Waals surface area contributed by atoms with E-state index in [-0.39, 0.29) is 28.0 Å². The zero-order valence-electron chi connectivity index (χ0n) is 22.0. The van der Waals surface area contributed by atoms with Crippen LogP contribution in [0.2, 0.25) is 5.02 Å². The monoisotopic (exact) mass is 533 g/mol. The van der Waals surface area contributed by atoms with Crippen molar-refractivity contribution in [1.29, 1.82) is 0 Å². The molecule has 38 heavy (non-hydrogen) atoms. The van der Waals surface area contributed by atoms with E-state index >= 15 is 0 Å². The molecule has 196 valence electrons. The summed E-state index contributed by atoms with van der Waals surface area (Å²) in [5.74, 6) is 1.18. The molecule has 0 N–H and O–H groups in total. The minimum absolute atomic E-state index is 0.110. The third kappa shape index (κ3) is 5.26.